The molecule has 0 saturated heterocycles. The van der Waals surface area contributed by atoms with Gasteiger partial charge < -0.3 is 9.73 Å². The third kappa shape index (κ3) is 2.69. The summed E-state index contributed by atoms with van der Waals surface area (Å²) in [7, 11) is 0. The van der Waals surface area contributed by atoms with Crippen LogP contribution in [0.4, 0.5) is 5.82 Å². The minimum atomic E-state index is -0.595. The number of aromatic nitrogens is 3. The second-order valence-corrected chi connectivity index (χ2v) is 5.65. The summed E-state index contributed by atoms with van der Waals surface area (Å²) < 4.78 is 5.38. The molecule has 4 aromatic rings. The van der Waals surface area contributed by atoms with Crippen LogP contribution in [0.1, 0.15) is 13.3 Å². The van der Waals surface area contributed by atoms with Gasteiger partial charge in [-0.3, -0.25) is 9.78 Å². The monoisotopic (exact) mass is 346 g/mol. The predicted octanol–water partition coefficient (Wildman–Crippen LogP) is 3.15. The summed E-state index contributed by atoms with van der Waals surface area (Å²) in [5.41, 5.74) is 0.937. The second-order valence-electron chi connectivity index (χ2n) is 5.65. The first-order valence-electron chi connectivity index (χ1n) is 8.11. The van der Waals surface area contributed by atoms with Crippen LogP contribution in [0.2, 0.25) is 0 Å². The second kappa shape index (κ2) is 6.36. The first-order chi connectivity index (χ1) is 12.7. The molecule has 0 fully saturated rings. The maximum Gasteiger partial charge on any atom is 0.349 e. The highest BCUT2D eigenvalue weighted by Crippen LogP contribution is 2.28. The van der Waals surface area contributed by atoms with Gasteiger partial charge in [0.15, 0.2) is 11.6 Å². The van der Waals surface area contributed by atoms with E-state index in [1.807, 2.05) is 18.2 Å². The molecule has 3 aromatic heterocycles. The zero-order chi connectivity index (χ0) is 18.1. The number of amides is 1. The van der Waals surface area contributed by atoms with E-state index < -0.39 is 5.63 Å². The molecule has 1 amide bonds. The molecular formula is C19H14N4O3. The number of benzene rings is 1. The van der Waals surface area contributed by atoms with E-state index in [1.54, 1.807) is 37.5 Å². The van der Waals surface area contributed by atoms with Gasteiger partial charge in [0, 0.05) is 29.8 Å². The highest BCUT2D eigenvalue weighted by molar-refractivity contribution is 6.08. The van der Waals surface area contributed by atoms with Crippen molar-refractivity contribution in [1.82, 2.24) is 15.0 Å². The SMILES string of the molecule is CCC(=O)Nc1nc(-c2cccnc2)nc2c1c(=O)oc1ccccc12. The van der Waals surface area contributed by atoms with Gasteiger partial charge in [-0.1, -0.05) is 19.1 Å². The van der Waals surface area contributed by atoms with E-state index in [9.17, 15) is 9.59 Å². The third-order valence-corrected chi connectivity index (χ3v) is 3.96. The van der Waals surface area contributed by atoms with E-state index in [-0.39, 0.29) is 23.5 Å². The maximum atomic E-state index is 12.5. The number of anilines is 1. The number of hydrogen-bond acceptors (Lipinski definition) is 6. The minimum absolute atomic E-state index is 0.139. The molecule has 26 heavy (non-hydrogen) atoms. The number of fused-ring (bicyclic) bond motifs is 3. The van der Waals surface area contributed by atoms with Crippen molar-refractivity contribution in [3.63, 3.8) is 0 Å². The van der Waals surface area contributed by atoms with Crippen molar-refractivity contribution in [3.05, 3.63) is 59.2 Å². The van der Waals surface area contributed by atoms with Crippen LogP contribution in [0, 0.1) is 0 Å². The average Bonchev–Trinajstić information content (AvgIpc) is 2.68. The number of nitrogens with one attached hydrogen (secondary N) is 1. The highest BCUT2D eigenvalue weighted by atomic mass is 16.4. The summed E-state index contributed by atoms with van der Waals surface area (Å²) in [5, 5.41) is 3.50. The Bertz CT molecular complexity index is 1190. The van der Waals surface area contributed by atoms with Gasteiger partial charge in [0.2, 0.25) is 5.91 Å². The first-order valence-corrected chi connectivity index (χ1v) is 8.11. The van der Waals surface area contributed by atoms with Crippen LogP contribution < -0.4 is 10.9 Å². The normalized spacial score (nSPS) is 11.0. The van der Waals surface area contributed by atoms with Gasteiger partial charge in [0.1, 0.15) is 11.0 Å². The zero-order valence-corrected chi connectivity index (χ0v) is 13.9. The molecular weight excluding hydrogens is 332 g/mol. The summed E-state index contributed by atoms with van der Waals surface area (Å²) in [5.74, 6) is 0.252. The maximum absolute atomic E-state index is 12.5. The largest absolute Gasteiger partial charge is 0.422 e. The average molecular weight is 346 g/mol. The topological polar surface area (TPSA) is 98.0 Å². The Hall–Kier alpha value is -3.61. The molecule has 4 rings (SSSR count). The van der Waals surface area contributed by atoms with E-state index in [0.717, 1.165) is 0 Å². The van der Waals surface area contributed by atoms with Crippen molar-refractivity contribution in [2.24, 2.45) is 0 Å². The standard InChI is InChI=1S/C19H14N4O3/c1-2-14(24)21-18-15-16(12-7-3-4-8-13(12)26-19(15)25)22-17(23-18)11-6-5-9-20-10-11/h3-10H,2H2,1H3,(H,21,22,23,24). The van der Waals surface area contributed by atoms with Gasteiger partial charge in [0.25, 0.3) is 0 Å². The summed E-state index contributed by atoms with van der Waals surface area (Å²) in [6, 6.07) is 10.7. The van der Waals surface area contributed by atoms with E-state index in [0.29, 0.717) is 27.9 Å². The van der Waals surface area contributed by atoms with Crippen molar-refractivity contribution in [2.45, 2.75) is 13.3 Å². The smallest absolute Gasteiger partial charge is 0.349 e. The molecule has 0 atom stereocenters. The van der Waals surface area contributed by atoms with Crippen LogP contribution in [0.15, 0.2) is 58.0 Å². The number of para-hydroxylation sites is 1. The third-order valence-electron chi connectivity index (χ3n) is 3.96. The highest BCUT2D eigenvalue weighted by Gasteiger charge is 2.18. The number of carbonyl (C=O) groups excluding carboxylic acids is 1. The molecule has 0 spiro atoms. The number of hydrogen-bond donors (Lipinski definition) is 1. The number of nitrogens with zero attached hydrogens (tertiary/aromatic N) is 3. The van der Waals surface area contributed by atoms with Gasteiger partial charge in [0.05, 0.1) is 5.52 Å². The molecule has 0 bridgehead atoms. The van der Waals surface area contributed by atoms with E-state index in [1.165, 1.54) is 0 Å². The molecule has 7 heteroatoms. The lowest BCUT2D eigenvalue weighted by atomic mass is 10.1. The van der Waals surface area contributed by atoms with Crippen molar-refractivity contribution in [2.75, 3.05) is 5.32 Å². The van der Waals surface area contributed by atoms with Crippen molar-refractivity contribution >= 4 is 33.6 Å². The van der Waals surface area contributed by atoms with E-state index in [2.05, 4.69) is 20.3 Å². The summed E-state index contributed by atoms with van der Waals surface area (Å²) in [6.45, 7) is 1.72. The minimum Gasteiger partial charge on any atom is -0.422 e. The zero-order valence-electron chi connectivity index (χ0n) is 13.9. The Kier molecular flexibility index (Phi) is 3.89. The summed E-state index contributed by atoms with van der Waals surface area (Å²) in [6.07, 6.45) is 3.53. The van der Waals surface area contributed by atoms with Crippen molar-refractivity contribution < 1.29 is 9.21 Å². The van der Waals surface area contributed by atoms with Crippen LogP contribution >= 0.6 is 0 Å². The van der Waals surface area contributed by atoms with Crippen molar-refractivity contribution in [3.8, 4) is 11.4 Å². The fourth-order valence-corrected chi connectivity index (χ4v) is 2.69. The Morgan fingerprint density at radius 3 is 2.77 bits per heavy atom. The first kappa shape index (κ1) is 15.9. The molecule has 0 aliphatic carbocycles. The lowest BCUT2D eigenvalue weighted by Gasteiger charge is -2.10. The van der Waals surface area contributed by atoms with Crippen LogP contribution in [0.25, 0.3) is 33.3 Å². The Morgan fingerprint density at radius 2 is 2.00 bits per heavy atom. The fraction of sp³-hybridized carbons (Fsp3) is 0.105. The van der Waals surface area contributed by atoms with Gasteiger partial charge in [-0.15, -0.1) is 0 Å². The Labute approximate surface area is 147 Å². The Morgan fingerprint density at radius 1 is 1.15 bits per heavy atom. The van der Waals surface area contributed by atoms with Gasteiger partial charge in [-0.2, -0.15) is 0 Å². The summed E-state index contributed by atoms with van der Waals surface area (Å²) in [4.78, 5) is 37.5. The van der Waals surface area contributed by atoms with Gasteiger partial charge >= 0.3 is 5.63 Å². The number of rotatable bonds is 3. The molecule has 0 aliphatic heterocycles. The van der Waals surface area contributed by atoms with Crippen LogP contribution in [-0.4, -0.2) is 20.9 Å². The lowest BCUT2D eigenvalue weighted by Crippen LogP contribution is -2.15. The van der Waals surface area contributed by atoms with E-state index >= 15 is 0 Å². The summed E-state index contributed by atoms with van der Waals surface area (Å²) >= 11 is 0. The molecule has 128 valence electrons. The molecule has 1 aromatic carbocycles. The van der Waals surface area contributed by atoms with Crippen LogP contribution in [0.3, 0.4) is 0 Å². The Balaban J connectivity index is 2.11. The van der Waals surface area contributed by atoms with E-state index in [4.69, 9.17) is 4.42 Å². The van der Waals surface area contributed by atoms with Gasteiger partial charge in [-0.05, 0) is 24.3 Å². The fourth-order valence-electron chi connectivity index (χ4n) is 2.69. The lowest BCUT2D eigenvalue weighted by molar-refractivity contribution is -0.115. The molecule has 1 N–H and O–H groups in total. The van der Waals surface area contributed by atoms with Crippen LogP contribution in [-0.2, 0) is 4.79 Å². The van der Waals surface area contributed by atoms with Crippen molar-refractivity contribution in [1.29, 1.82) is 0 Å². The van der Waals surface area contributed by atoms with Gasteiger partial charge in [-0.25, -0.2) is 14.8 Å². The molecule has 0 radical (unpaired) electrons. The molecule has 0 unspecified atom stereocenters. The molecule has 0 saturated carbocycles. The number of carbonyl (C=O) groups is 1. The predicted molar refractivity (Wildman–Crippen MR) is 97.7 cm³/mol. The molecule has 3 heterocycles. The van der Waals surface area contributed by atoms with Crippen LogP contribution in [0.5, 0.6) is 0 Å². The quantitative estimate of drug-likeness (QED) is 0.452. The number of pyridine rings is 1. The molecule has 0 aliphatic rings. The molecule has 7 nitrogen and oxygen atoms in total.